The van der Waals surface area contributed by atoms with Gasteiger partial charge in [0.15, 0.2) is 6.10 Å². The van der Waals surface area contributed by atoms with Gasteiger partial charge in [-0.3, -0.25) is 9.48 Å². The van der Waals surface area contributed by atoms with Gasteiger partial charge in [-0.2, -0.15) is 5.10 Å². The highest BCUT2D eigenvalue weighted by atomic mass is 16.5. The predicted molar refractivity (Wildman–Crippen MR) is 96.8 cm³/mol. The summed E-state index contributed by atoms with van der Waals surface area (Å²) in [6.07, 6.45) is 9.78. The van der Waals surface area contributed by atoms with Gasteiger partial charge in [0, 0.05) is 12.7 Å². The fraction of sp³-hybridized carbons (Fsp3) is 0.500. The molecule has 1 aromatic heterocycles. The minimum Gasteiger partial charge on any atom is -0.481 e. The molecule has 1 saturated carbocycles. The Bertz CT molecular complexity index is 764. The molecule has 5 heteroatoms. The van der Waals surface area contributed by atoms with E-state index in [-0.39, 0.29) is 5.91 Å². The Kier molecular flexibility index (Phi) is 4.47. The van der Waals surface area contributed by atoms with Crippen LogP contribution >= 0.6 is 0 Å². The Morgan fingerprint density at radius 1 is 1.36 bits per heavy atom. The lowest BCUT2D eigenvalue weighted by Crippen LogP contribution is -2.32. The van der Waals surface area contributed by atoms with Crippen molar-refractivity contribution in [2.45, 2.75) is 58.1 Å². The molecule has 1 N–H and O–H groups in total. The van der Waals surface area contributed by atoms with Crippen molar-refractivity contribution in [2.75, 3.05) is 5.32 Å². The van der Waals surface area contributed by atoms with Gasteiger partial charge in [0.25, 0.3) is 5.91 Å². The minimum atomic E-state index is -0.494. The lowest BCUT2D eigenvalue weighted by molar-refractivity contribution is -0.122. The molecule has 1 fully saturated rings. The molecule has 2 aliphatic rings. The third-order valence-electron chi connectivity index (χ3n) is 5.05. The lowest BCUT2D eigenvalue weighted by atomic mass is 10.1. The van der Waals surface area contributed by atoms with Crippen LogP contribution in [0.15, 0.2) is 30.6 Å². The Morgan fingerprint density at radius 2 is 2.20 bits per heavy atom. The predicted octanol–water partition coefficient (Wildman–Crippen LogP) is 3.58. The molecular weight excluding hydrogens is 314 g/mol. The van der Waals surface area contributed by atoms with Gasteiger partial charge in [-0.1, -0.05) is 13.0 Å². The van der Waals surface area contributed by atoms with Crippen LogP contribution in [0.5, 0.6) is 5.75 Å². The number of benzene rings is 1. The first kappa shape index (κ1) is 16.2. The minimum absolute atomic E-state index is 0.117. The van der Waals surface area contributed by atoms with E-state index in [0.29, 0.717) is 6.42 Å². The smallest absolute Gasteiger partial charge is 0.265 e. The number of hydrogen-bond acceptors (Lipinski definition) is 3. The number of hydrogen-bond donors (Lipinski definition) is 1. The molecule has 2 aliphatic carbocycles. The Balaban J connectivity index is 1.38. The van der Waals surface area contributed by atoms with Crippen LogP contribution < -0.4 is 10.1 Å². The van der Waals surface area contributed by atoms with E-state index in [1.165, 1.54) is 30.4 Å². The quantitative estimate of drug-likeness (QED) is 0.839. The molecule has 0 saturated heterocycles. The molecule has 4 rings (SSSR count). The fourth-order valence-electron chi connectivity index (χ4n) is 3.42. The van der Waals surface area contributed by atoms with Crippen molar-refractivity contribution < 1.29 is 9.53 Å². The van der Waals surface area contributed by atoms with Crippen molar-refractivity contribution in [1.29, 1.82) is 0 Å². The van der Waals surface area contributed by atoms with Crippen molar-refractivity contribution in [3.63, 3.8) is 0 Å². The molecule has 1 amide bonds. The summed E-state index contributed by atoms with van der Waals surface area (Å²) in [5.41, 5.74) is 3.50. The molecule has 1 heterocycles. The second kappa shape index (κ2) is 6.90. The summed E-state index contributed by atoms with van der Waals surface area (Å²) in [6, 6.07) is 6.20. The summed E-state index contributed by atoms with van der Waals surface area (Å²) in [5, 5.41) is 7.25. The highest BCUT2D eigenvalue weighted by Crippen LogP contribution is 2.30. The van der Waals surface area contributed by atoms with E-state index >= 15 is 0 Å². The van der Waals surface area contributed by atoms with Crippen LogP contribution in [0.4, 0.5) is 5.69 Å². The summed E-state index contributed by atoms with van der Waals surface area (Å²) in [5.74, 6) is 1.43. The molecule has 132 valence electrons. The van der Waals surface area contributed by atoms with Gasteiger partial charge in [0.1, 0.15) is 5.75 Å². The van der Waals surface area contributed by atoms with E-state index in [9.17, 15) is 4.79 Å². The second-order valence-corrected chi connectivity index (χ2v) is 7.18. The first-order chi connectivity index (χ1) is 12.2. The van der Waals surface area contributed by atoms with Crippen LogP contribution in [0.2, 0.25) is 0 Å². The van der Waals surface area contributed by atoms with E-state index in [0.717, 1.165) is 36.7 Å². The number of carbonyl (C=O) groups is 1. The molecule has 0 aliphatic heterocycles. The second-order valence-electron chi connectivity index (χ2n) is 7.18. The Hall–Kier alpha value is -2.30. The van der Waals surface area contributed by atoms with Crippen LogP contribution in [0.1, 0.15) is 43.7 Å². The average molecular weight is 339 g/mol. The molecule has 1 aromatic carbocycles. The van der Waals surface area contributed by atoms with Gasteiger partial charge in [0.05, 0.1) is 11.9 Å². The number of carbonyl (C=O) groups excluding carboxylic acids is 1. The van der Waals surface area contributed by atoms with Gasteiger partial charge < -0.3 is 10.1 Å². The molecule has 0 bridgehead atoms. The zero-order valence-electron chi connectivity index (χ0n) is 14.7. The standard InChI is InChI=1S/C20H25N3O2/c1-2-19(25-18-9-8-15-4-3-5-16(15)10-18)20(24)22-17-11-21-23(13-17)12-14-6-7-14/h8-11,13-14,19H,2-7,12H2,1H3,(H,22,24). The van der Waals surface area contributed by atoms with Gasteiger partial charge in [-0.05, 0) is 67.7 Å². The topological polar surface area (TPSA) is 56.1 Å². The summed E-state index contributed by atoms with van der Waals surface area (Å²) in [4.78, 5) is 12.6. The third-order valence-corrected chi connectivity index (χ3v) is 5.05. The molecule has 5 nitrogen and oxygen atoms in total. The normalized spacial score (nSPS) is 17.2. The largest absolute Gasteiger partial charge is 0.481 e. The summed E-state index contributed by atoms with van der Waals surface area (Å²) in [7, 11) is 0. The number of rotatable bonds is 7. The number of ether oxygens (including phenoxy) is 1. The molecular formula is C20H25N3O2. The van der Waals surface area contributed by atoms with Gasteiger partial charge in [0.2, 0.25) is 0 Å². The summed E-state index contributed by atoms with van der Waals surface area (Å²) >= 11 is 0. The first-order valence-corrected chi connectivity index (χ1v) is 9.33. The zero-order chi connectivity index (χ0) is 17.2. The third kappa shape index (κ3) is 3.86. The number of aromatic nitrogens is 2. The van der Waals surface area contributed by atoms with E-state index in [1.807, 2.05) is 23.9 Å². The van der Waals surface area contributed by atoms with Crippen molar-refractivity contribution in [3.05, 3.63) is 41.7 Å². The average Bonchev–Trinajstić information content (AvgIpc) is 3.12. The van der Waals surface area contributed by atoms with E-state index < -0.39 is 6.10 Å². The van der Waals surface area contributed by atoms with Gasteiger partial charge in [-0.15, -0.1) is 0 Å². The van der Waals surface area contributed by atoms with Crippen molar-refractivity contribution in [1.82, 2.24) is 9.78 Å². The fourth-order valence-corrected chi connectivity index (χ4v) is 3.42. The Morgan fingerprint density at radius 3 is 3.00 bits per heavy atom. The van der Waals surface area contributed by atoms with Crippen LogP contribution in [-0.2, 0) is 24.2 Å². The maximum absolute atomic E-state index is 12.6. The number of fused-ring (bicyclic) bond motifs is 1. The Labute approximate surface area is 148 Å². The maximum atomic E-state index is 12.6. The highest BCUT2D eigenvalue weighted by molar-refractivity contribution is 5.94. The monoisotopic (exact) mass is 339 g/mol. The summed E-state index contributed by atoms with van der Waals surface area (Å²) in [6.45, 7) is 2.91. The van der Waals surface area contributed by atoms with Crippen LogP contribution in [0.3, 0.4) is 0 Å². The van der Waals surface area contributed by atoms with Crippen molar-refractivity contribution >= 4 is 11.6 Å². The van der Waals surface area contributed by atoms with Crippen molar-refractivity contribution in [2.24, 2.45) is 5.92 Å². The van der Waals surface area contributed by atoms with E-state index in [1.54, 1.807) is 6.20 Å². The number of aryl methyl sites for hydroxylation is 2. The molecule has 1 atom stereocenters. The van der Waals surface area contributed by atoms with Gasteiger partial charge >= 0.3 is 0 Å². The van der Waals surface area contributed by atoms with E-state index in [4.69, 9.17) is 4.74 Å². The van der Waals surface area contributed by atoms with E-state index in [2.05, 4.69) is 22.5 Å². The van der Waals surface area contributed by atoms with Crippen LogP contribution in [0.25, 0.3) is 0 Å². The molecule has 1 unspecified atom stereocenters. The van der Waals surface area contributed by atoms with Gasteiger partial charge in [-0.25, -0.2) is 0 Å². The lowest BCUT2D eigenvalue weighted by Gasteiger charge is -2.17. The number of anilines is 1. The van der Waals surface area contributed by atoms with Crippen molar-refractivity contribution in [3.8, 4) is 5.75 Å². The number of amides is 1. The highest BCUT2D eigenvalue weighted by Gasteiger charge is 2.23. The zero-order valence-corrected chi connectivity index (χ0v) is 14.7. The number of nitrogens with one attached hydrogen (secondary N) is 1. The van der Waals surface area contributed by atoms with Crippen LogP contribution in [0, 0.1) is 5.92 Å². The SMILES string of the molecule is CCC(Oc1ccc2c(c1)CCC2)C(=O)Nc1cnn(CC2CC2)c1. The first-order valence-electron chi connectivity index (χ1n) is 9.33. The molecule has 0 spiro atoms. The van der Waals surface area contributed by atoms with Crippen LogP contribution in [-0.4, -0.2) is 21.8 Å². The molecule has 0 radical (unpaired) electrons. The number of nitrogens with zero attached hydrogens (tertiary/aromatic N) is 2. The summed E-state index contributed by atoms with van der Waals surface area (Å²) < 4.78 is 7.88. The molecule has 2 aromatic rings. The molecule has 25 heavy (non-hydrogen) atoms. The maximum Gasteiger partial charge on any atom is 0.265 e.